The van der Waals surface area contributed by atoms with E-state index in [1.165, 1.54) is 11.8 Å². The summed E-state index contributed by atoms with van der Waals surface area (Å²) in [4.78, 5) is 24.5. The summed E-state index contributed by atoms with van der Waals surface area (Å²) >= 11 is 0. The Kier molecular flexibility index (Phi) is 5.69. The SMILES string of the molecule is CC1(C)CC=C(c2nc(C3CC[NH2+]CC3)ccc2NC(=O)c2ncc(C#N)[nH]2)CC1. The number of H-pyrrole nitrogens is 1. The molecule has 1 aliphatic heterocycles. The molecule has 7 heteroatoms. The highest BCUT2D eigenvalue weighted by Gasteiger charge is 2.26. The Morgan fingerprint density at radius 2 is 2.13 bits per heavy atom. The van der Waals surface area contributed by atoms with Crippen LogP contribution in [0.25, 0.3) is 5.57 Å². The van der Waals surface area contributed by atoms with Crippen molar-refractivity contribution < 1.29 is 10.1 Å². The predicted molar refractivity (Wildman–Crippen MR) is 115 cm³/mol. The van der Waals surface area contributed by atoms with Gasteiger partial charge in [0, 0.05) is 24.5 Å². The lowest BCUT2D eigenvalue weighted by Gasteiger charge is -2.29. The van der Waals surface area contributed by atoms with Gasteiger partial charge in [0.25, 0.3) is 5.91 Å². The molecule has 3 heterocycles. The number of hydrogen-bond acceptors (Lipinski definition) is 4. The first-order valence-corrected chi connectivity index (χ1v) is 10.7. The highest BCUT2D eigenvalue weighted by atomic mass is 16.2. The van der Waals surface area contributed by atoms with Crippen molar-refractivity contribution in [1.82, 2.24) is 15.0 Å². The van der Waals surface area contributed by atoms with Crippen LogP contribution >= 0.6 is 0 Å². The maximum Gasteiger partial charge on any atom is 0.291 e. The Balaban J connectivity index is 1.65. The lowest BCUT2D eigenvalue weighted by molar-refractivity contribution is -0.663. The van der Waals surface area contributed by atoms with Gasteiger partial charge in [-0.15, -0.1) is 0 Å². The fourth-order valence-electron chi connectivity index (χ4n) is 4.24. The summed E-state index contributed by atoms with van der Waals surface area (Å²) in [6.07, 6.45) is 8.96. The number of aromatic nitrogens is 3. The van der Waals surface area contributed by atoms with Crippen LogP contribution in [-0.2, 0) is 0 Å². The third-order valence-electron chi connectivity index (χ3n) is 6.21. The molecule has 0 bridgehead atoms. The number of carbonyl (C=O) groups excluding carboxylic acids is 1. The zero-order valence-corrected chi connectivity index (χ0v) is 17.7. The van der Waals surface area contributed by atoms with Crippen LogP contribution in [0.5, 0.6) is 0 Å². The minimum atomic E-state index is -0.365. The van der Waals surface area contributed by atoms with Crippen LogP contribution in [-0.4, -0.2) is 33.9 Å². The second kappa shape index (κ2) is 8.41. The number of anilines is 1. The molecule has 0 aromatic carbocycles. The van der Waals surface area contributed by atoms with Crippen molar-refractivity contribution >= 4 is 17.2 Å². The van der Waals surface area contributed by atoms with Crippen LogP contribution < -0.4 is 10.6 Å². The predicted octanol–water partition coefficient (Wildman–Crippen LogP) is 2.96. The first kappa shape index (κ1) is 20.3. The smallest absolute Gasteiger partial charge is 0.291 e. The molecule has 1 fully saturated rings. The number of nitriles is 1. The first-order chi connectivity index (χ1) is 14.4. The zero-order valence-electron chi connectivity index (χ0n) is 17.7. The van der Waals surface area contributed by atoms with E-state index >= 15 is 0 Å². The largest absolute Gasteiger partial charge is 0.346 e. The molecule has 156 valence electrons. The van der Waals surface area contributed by atoms with Crippen molar-refractivity contribution in [3.8, 4) is 6.07 Å². The molecular formula is C23H29N6O+. The van der Waals surface area contributed by atoms with Crippen molar-refractivity contribution in [3.05, 3.63) is 47.3 Å². The molecule has 0 saturated carbocycles. The Morgan fingerprint density at radius 1 is 1.33 bits per heavy atom. The fourth-order valence-corrected chi connectivity index (χ4v) is 4.24. The molecular weight excluding hydrogens is 376 g/mol. The summed E-state index contributed by atoms with van der Waals surface area (Å²) in [5.74, 6) is 0.238. The Labute approximate surface area is 177 Å². The van der Waals surface area contributed by atoms with Gasteiger partial charge >= 0.3 is 0 Å². The van der Waals surface area contributed by atoms with Crippen molar-refractivity contribution in [1.29, 1.82) is 5.26 Å². The van der Waals surface area contributed by atoms with Gasteiger partial charge in [-0.05, 0) is 42.4 Å². The van der Waals surface area contributed by atoms with Crippen LogP contribution in [0.2, 0.25) is 0 Å². The van der Waals surface area contributed by atoms with Gasteiger partial charge in [-0.1, -0.05) is 19.9 Å². The lowest BCUT2D eigenvalue weighted by Crippen LogP contribution is -2.86. The van der Waals surface area contributed by atoms with Crippen LogP contribution in [0, 0.1) is 16.7 Å². The number of nitrogens with two attached hydrogens (primary N) is 1. The molecule has 1 aliphatic carbocycles. The number of aromatic amines is 1. The van der Waals surface area contributed by atoms with E-state index in [-0.39, 0.29) is 17.4 Å². The molecule has 2 aromatic rings. The number of imidazole rings is 1. The highest BCUT2D eigenvalue weighted by Crippen LogP contribution is 2.39. The van der Waals surface area contributed by atoms with Gasteiger partial charge in [0.15, 0.2) is 5.82 Å². The van der Waals surface area contributed by atoms with E-state index in [2.05, 4.69) is 40.5 Å². The number of piperidine rings is 1. The van der Waals surface area contributed by atoms with Gasteiger partial charge in [-0.3, -0.25) is 9.78 Å². The maximum atomic E-state index is 12.7. The minimum absolute atomic E-state index is 0.128. The van der Waals surface area contributed by atoms with Gasteiger partial charge < -0.3 is 15.6 Å². The molecule has 0 radical (unpaired) electrons. The Morgan fingerprint density at radius 3 is 2.80 bits per heavy atom. The average molecular weight is 406 g/mol. The lowest BCUT2D eigenvalue weighted by atomic mass is 9.77. The first-order valence-electron chi connectivity index (χ1n) is 10.7. The van der Waals surface area contributed by atoms with Crippen molar-refractivity contribution in [2.24, 2.45) is 5.41 Å². The molecule has 0 unspecified atom stereocenters. The molecule has 2 aliphatic rings. The number of allylic oxidation sites excluding steroid dienone is 2. The highest BCUT2D eigenvalue weighted by molar-refractivity contribution is 6.03. The molecule has 4 rings (SSSR count). The summed E-state index contributed by atoms with van der Waals surface area (Å²) < 4.78 is 0. The molecule has 7 nitrogen and oxygen atoms in total. The number of nitrogens with zero attached hydrogens (tertiary/aromatic N) is 3. The number of hydrogen-bond donors (Lipinski definition) is 3. The standard InChI is InChI=1S/C23H28N6O/c1-23(2)9-5-16(6-10-23)20-19(29-22(30)21-26-14-17(13-24)27-21)4-3-18(28-20)15-7-11-25-12-8-15/h3-5,14-15,25H,6-12H2,1-2H3,(H,26,27)(H,29,30)/p+1. The molecule has 2 aromatic heterocycles. The maximum absolute atomic E-state index is 12.7. The molecule has 30 heavy (non-hydrogen) atoms. The van der Waals surface area contributed by atoms with Crippen LogP contribution in [0.3, 0.4) is 0 Å². The zero-order chi connectivity index (χ0) is 21.1. The van der Waals surface area contributed by atoms with Gasteiger partial charge in [0.05, 0.1) is 30.7 Å². The second-order valence-corrected chi connectivity index (χ2v) is 9.08. The van der Waals surface area contributed by atoms with E-state index in [4.69, 9.17) is 10.2 Å². The van der Waals surface area contributed by atoms with Gasteiger partial charge in [-0.2, -0.15) is 5.26 Å². The number of nitrogens with one attached hydrogen (secondary N) is 2. The van der Waals surface area contributed by atoms with Crippen LogP contribution in [0.15, 0.2) is 24.4 Å². The number of rotatable bonds is 4. The van der Waals surface area contributed by atoms with E-state index in [1.807, 2.05) is 18.2 Å². The number of amides is 1. The average Bonchev–Trinajstić information content (AvgIpc) is 3.24. The normalized spacial score (nSPS) is 19.0. The number of pyridine rings is 1. The quantitative estimate of drug-likeness (QED) is 0.726. The van der Waals surface area contributed by atoms with E-state index < -0.39 is 0 Å². The van der Waals surface area contributed by atoms with Gasteiger partial charge in [0.2, 0.25) is 0 Å². The summed E-state index contributed by atoms with van der Waals surface area (Å²) in [7, 11) is 0. The van der Waals surface area contributed by atoms with E-state index in [0.29, 0.717) is 17.0 Å². The van der Waals surface area contributed by atoms with E-state index in [0.717, 1.165) is 56.6 Å². The minimum Gasteiger partial charge on any atom is -0.346 e. The van der Waals surface area contributed by atoms with Gasteiger partial charge in [-0.25, -0.2) is 4.98 Å². The Bertz CT molecular complexity index is 1010. The van der Waals surface area contributed by atoms with Gasteiger partial charge in [0.1, 0.15) is 11.8 Å². The molecule has 4 N–H and O–H groups in total. The summed E-state index contributed by atoms with van der Waals surface area (Å²) in [5, 5.41) is 14.3. The third kappa shape index (κ3) is 4.44. The van der Waals surface area contributed by atoms with Crippen LogP contribution in [0.1, 0.15) is 79.6 Å². The second-order valence-electron chi connectivity index (χ2n) is 9.08. The van der Waals surface area contributed by atoms with Crippen molar-refractivity contribution in [2.45, 2.75) is 51.9 Å². The Hall–Kier alpha value is -2.98. The molecule has 1 amide bonds. The summed E-state index contributed by atoms with van der Waals surface area (Å²) in [6.45, 7) is 6.84. The van der Waals surface area contributed by atoms with Crippen molar-refractivity contribution in [3.63, 3.8) is 0 Å². The summed E-state index contributed by atoms with van der Waals surface area (Å²) in [6, 6.07) is 5.98. The third-order valence-corrected chi connectivity index (χ3v) is 6.21. The van der Waals surface area contributed by atoms with E-state index in [1.54, 1.807) is 0 Å². The number of quaternary nitrogens is 1. The van der Waals surface area contributed by atoms with Crippen molar-refractivity contribution in [2.75, 3.05) is 18.4 Å². The fraction of sp³-hybridized carbons (Fsp3) is 0.478. The molecule has 1 saturated heterocycles. The van der Waals surface area contributed by atoms with E-state index in [9.17, 15) is 4.79 Å². The summed E-state index contributed by atoms with van der Waals surface area (Å²) in [5.41, 5.74) is 4.45. The van der Waals surface area contributed by atoms with Crippen LogP contribution in [0.4, 0.5) is 5.69 Å². The molecule has 0 atom stereocenters. The topological polar surface area (TPSA) is 111 Å². The molecule has 0 spiro atoms. The monoisotopic (exact) mass is 405 g/mol. The number of carbonyl (C=O) groups is 1.